The van der Waals surface area contributed by atoms with Crippen molar-refractivity contribution in [3.05, 3.63) is 59.7 Å². The molecule has 0 spiro atoms. The van der Waals surface area contributed by atoms with E-state index in [1.54, 1.807) is 0 Å². The van der Waals surface area contributed by atoms with Crippen molar-refractivity contribution < 1.29 is 34.1 Å². The minimum Gasteiger partial charge on any atom is -0.481 e. The van der Waals surface area contributed by atoms with Crippen molar-refractivity contribution in [2.45, 2.75) is 43.7 Å². The number of amides is 2. The van der Waals surface area contributed by atoms with Crippen molar-refractivity contribution in [2.24, 2.45) is 5.73 Å². The molecule has 0 saturated carbocycles. The van der Waals surface area contributed by atoms with Crippen LogP contribution in [0, 0.1) is 5.41 Å². The molecule has 12 heteroatoms. The van der Waals surface area contributed by atoms with Gasteiger partial charge in [-0.25, -0.2) is 9.59 Å². The van der Waals surface area contributed by atoms with E-state index in [4.69, 9.17) is 21.0 Å². The van der Waals surface area contributed by atoms with E-state index in [0.29, 0.717) is 6.42 Å². The first-order chi connectivity index (χ1) is 18.2. The molecule has 8 N–H and O–H groups in total. The highest BCUT2D eigenvalue weighted by Crippen LogP contribution is 2.44. The quantitative estimate of drug-likeness (QED) is 0.115. The highest BCUT2D eigenvalue weighted by atomic mass is 16.5. The van der Waals surface area contributed by atoms with Gasteiger partial charge >= 0.3 is 18.0 Å². The first-order valence-electron chi connectivity index (χ1n) is 12.1. The molecule has 2 aromatic rings. The van der Waals surface area contributed by atoms with E-state index in [1.807, 2.05) is 48.5 Å². The van der Waals surface area contributed by atoms with Gasteiger partial charge in [0.05, 0.1) is 0 Å². The molecule has 0 unspecified atom stereocenters. The van der Waals surface area contributed by atoms with Crippen LogP contribution in [0.2, 0.25) is 0 Å². The van der Waals surface area contributed by atoms with Gasteiger partial charge in [0.1, 0.15) is 18.7 Å². The largest absolute Gasteiger partial charge is 0.481 e. The summed E-state index contributed by atoms with van der Waals surface area (Å²) in [5.74, 6) is -3.83. The number of fused-ring (bicyclic) bond motifs is 3. The molecule has 0 radical (unpaired) electrons. The van der Waals surface area contributed by atoms with Crippen LogP contribution in [0.4, 0.5) is 4.79 Å². The number of benzene rings is 2. The van der Waals surface area contributed by atoms with Gasteiger partial charge in [-0.3, -0.25) is 15.0 Å². The molecule has 202 valence electrons. The maximum atomic E-state index is 12.9. The van der Waals surface area contributed by atoms with Crippen LogP contribution in [0.15, 0.2) is 48.5 Å². The van der Waals surface area contributed by atoms with Crippen molar-refractivity contribution in [2.75, 3.05) is 13.2 Å². The van der Waals surface area contributed by atoms with Crippen LogP contribution in [0.25, 0.3) is 11.1 Å². The third-order valence-electron chi connectivity index (χ3n) is 6.20. The molecule has 0 aromatic heterocycles. The third-order valence-corrected chi connectivity index (χ3v) is 6.20. The van der Waals surface area contributed by atoms with Gasteiger partial charge in [0, 0.05) is 18.9 Å². The van der Waals surface area contributed by atoms with E-state index in [-0.39, 0.29) is 37.9 Å². The Morgan fingerprint density at radius 3 is 2.08 bits per heavy atom. The van der Waals surface area contributed by atoms with Crippen LogP contribution >= 0.6 is 0 Å². The first kappa shape index (κ1) is 28.0. The van der Waals surface area contributed by atoms with Gasteiger partial charge in [-0.2, -0.15) is 0 Å². The average Bonchev–Trinajstić information content (AvgIpc) is 3.20. The molecule has 3 rings (SSSR count). The minimum absolute atomic E-state index is 0.0243. The van der Waals surface area contributed by atoms with E-state index >= 15 is 0 Å². The third kappa shape index (κ3) is 7.45. The summed E-state index contributed by atoms with van der Waals surface area (Å²) in [4.78, 5) is 48.0. The Morgan fingerprint density at radius 1 is 0.921 bits per heavy atom. The number of carboxylic acid groups (broad SMARTS) is 2. The van der Waals surface area contributed by atoms with Gasteiger partial charge in [0.15, 0.2) is 5.96 Å². The summed E-state index contributed by atoms with van der Waals surface area (Å²) < 4.78 is 5.50. The number of hydrogen-bond donors (Lipinski definition) is 7. The molecule has 1 aliphatic carbocycles. The van der Waals surface area contributed by atoms with Gasteiger partial charge in [0.25, 0.3) is 0 Å². The van der Waals surface area contributed by atoms with Crippen LogP contribution in [0.3, 0.4) is 0 Å². The van der Waals surface area contributed by atoms with E-state index in [2.05, 4.69) is 16.0 Å². The standard InChI is InChI=1S/C26H31N5O7/c27-25(28)29-13-5-10-20(23(34)30-21(24(35)36)11-12-22(32)33)31-26(37)38-14-19-17-8-3-1-6-15(17)16-7-2-4-9-18(16)19/h1-4,6-9,19-21H,5,10-14H2,(H,30,34)(H,31,37)(H,32,33)(H,35,36)(H4,27,28,29)/t20-,21-/m0/s1. The van der Waals surface area contributed by atoms with Crippen LogP contribution in [-0.4, -0.2) is 65.3 Å². The average molecular weight is 526 g/mol. The van der Waals surface area contributed by atoms with Crippen molar-refractivity contribution in [3.63, 3.8) is 0 Å². The molecule has 1 aliphatic rings. The lowest BCUT2D eigenvalue weighted by molar-refractivity contribution is -0.143. The topological polar surface area (TPSA) is 204 Å². The zero-order valence-corrected chi connectivity index (χ0v) is 20.6. The van der Waals surface area contributed by atoms with Gasteiger partial charge in [-0.1, -0.05) is 48.5 Å². The lowest BCUT2D eigenvalue weighted by atomic mass is 9.98. The number of aliphatic carboxylic acids is 2. The molecule has 0 bridgehead atoms. The summed E-state index contributed by atoms with van der Waals surface area (Å²) >= 11 is 0. The molecule has 0 fully saturated rings. The van der Waals surface area contributed by atoms with Gasteiger partial charge < -0.3 is 36.6 Å². The molecule has 0 heterocycles. The number of ether oxygens (including phenoxy) is 1. The second-order valence-electron chi connectivity index (χ2n) is 8.84. The van der Waals surface area contributed by atoms with Crippen LogP contribution in [-0.2, 0) is 19.1 Å². The van der Waals surface area contributed by atoms with E-state index in [0.717, 1.165) is 22.3 Å². The lowest BCUT2D eigenvalue weighted by Crippen LogP contribution is -2.52. The molecular weight excluding hydrogens is 494 g/mol. The molecule has 0 aliphatic heterocycles. The smallest absolute Gasteiger partial charge is 0.407 e. The molecular formula is C26H31N5O7. The first-order valence-corrected chi connectivity index (χ1v) is 12.1. The van der Waals surface area contributed by atoms with Crippen molar-refractivity contribution in [1.29, 1.82) is 5.41 Å². The predicted molar refractivity (Wildman–Crippen MR) is 138 cm³/mol. The van der Waals surface area contributed by atoms with Crippen LogP contribution in [0.5, 0.6) is 0 Å². The number of carbonyl (C=O) groups excluding carboxylic acids is 2. The molecule has 2 atom stereocenters. The normalized spacial score (nSPS) is 13.4. The van der Waals surface area contributed by atoms with Crippen LogP contribution < -0.4 is 21.7 Å². The highest BCUT2D eigenvalue weighted by Gasteiger charge is 2.30. The van der Waals surface area contributed by atoms with Crippen molar-refractivity contribution in [1.82, 2.24) is 16.0 Å². The summed E-state index contributed by atoms with van der Waals surface area (Å²) in [6, 6.07) is 13.1. The predicted octanol–water partition coefficient (Wildman–Crippen LogP) is 1.59. The summed E-state index contributed by atoms with van der Waals surface area (Å²) in [5.41, 5.74) is 9.43. The Bertz CT molecular complexity index is 1160. The summed E-state index contributed by atoms with van der Waals surface area (Å²) in [6.07, 6.45) is -1.23. The second-order valence-corrected chi connectivity index (χ2v) is 8.84. The maximum absolute atomic E-state index is 12.9. The Hall–Kier alpha value is -4.61. The van der Waals surface area contributed by atoms with Crippen LogP contribution in [0.1, 0.15) is 42.7 Å². The van der Waals surface area contributed by atoms with E-state index in [1.165, 1.54) is 0 Å². The zero-order valence-electron chi connectivity index (χ0n) is 20.6. The monoisotopic (exact) mass is 525 g/mol. The molecule has 0 saturated heterocycles. The number of alkyl carbamates (subject to hydrolysis) is 1. The Labute approximate surface area is 219 Å². The number of guanidine groups is 1. The van der Waals surface area contributed by atoms with E-state index < -0.39 is 42.4 Å². The fourth-order valence-electron chi connectivity index (χ4n) is 4.38. The highest BCUT2D eigenvalue weighted by molar-refractivity contribution is 5.89. The minimum atomic E-state index is -1.44. The lowest BCUT2D eigenvalue weighted by Gasteiger charge is -2.22. The van der Waals surface area contributed by atoms with Gasteiger partial charge in [0.2, 0.25) is 5.91 Å². The molecule has 2 amide bonds. The number of carboxylic acids is 2. The second kappa shape index (κ2) is 13.1. The Balaban J connectivity index is 1.66. The SMILES string of the molecule is N=C(N)NCCC[C@H](NC(=O)OCC1c2ccccc2-c2ccccc21)C(=O)N[C@@H](CCC(=O)O)C(=O)O. The Morgan fingerprint density at radius 2 is 1.53 bits per heavy atom. The fourth-order valence-corrected chi connectivity index (χ4v) is 4.38. The van der Waals surface area contributed by atoms with Crippen molar-refractivity contribution in [3.8, 4) is 11.1 Å². The number of hydrogen-bond acceptors (Lipinski definition) is 6. The summed E-state index contributed by atoms with van der Waals surface area (Å²) in [6.45, 7) is 0.267. The molecule has 38 heavy (non-hydrogen) atoms. The summed E-state index contributed by atoms with van der Waals surface area (Å²) in [7, 11) is 0. The Kier molecular flexibility index (Phi) is 9.63. The molecule has 2 aromatic carbocycles. The fraction of sp³-hybridized carbons (Fsp3) is 0.346. The maximum Gasteiger partial charge on any atom is 0.407 e. The zero-order chi connectivity index (χ0) is 27.7. The summed E-state index contributed by atoms with van der Waals surface area (Å²) in [5, 5.41) is 32.8. The van der Waals surface area contributed by atoms with E-state index in [9.17, 15) is 24.3 Å². The number of carbonyl (C=O) groups is 4. The number of rotatable bonds is 13. The molecule has 12 nitrogen and oxygen atoms in total. The number of nitrogens with two attached hydrogens (primary N) is 1. The van der Waals surface area contributed by atoms with Gasteiger partial charge in [-0.15, -0.1) is 0 Å². The number of nitrogens with one attached hydrogen (secondary N) is 4. The van der Waals surface area contributed by atoms with Crippen molar-refractivity contribution >= 4 is 29.9 Å². The van der Waals surface area contributed by atoms with Gasteiger partial charge in [-0.05, 0) is 41.5 Å².